The Labute approximate surface area is 153 Å². The highest BCUT2D eigenvalue weighted by Gasteiger charge is 2.18. The number of nitrogens with one attached hydrogen (secondary N) is 1. The lowest BCUT2D eigenvalue weighted by Gasteiger charge is -2.17. The molecule has 0 radical (unpaired) electrons. The van der Waals surface area contributed by atoms with Gasteiger partial charge in [-0.2, -0.15) is 0 Å². The standard InChI is InChI=1S/C19H17BrFNO3/c1-25-19(24)12-17(14-5-3-6-15(20)11-14)22-18(23)9-8-13-4-2-7-16(21)10-13/h2-11,17H,12H2,1H3,(H,22,23). The average molecular weight is 406 g/mol. The Balaban J connectivity index is 2.12. The second-order valence-corrected chi connectivity index (χ2v) is 6.20. The quantitative estimate of drug-likeness (QED) is 0.583. The average Bonchev–Trinajstić information content (AvgIpc) is 2.59. The molecule has 1 unspecified atom stereocenters. The van der Waals surface area contributed by atoms with Crippen molar-refractivity contribution in [2.75, 3.05) is 7.11 Å². The predicted octanol–water partition coefficient (Wildman–Crippen LogP) is 4.02. The Morgan fingerprint density at radius 3 is 2.68 bits per heavy atom. The van der Waals surface area contributed by atoms with E-state index in [1.54, 1.807) is 12.1 Å². The molecule has 0 aliphatic rings. The zero-order valence-corrected chi connectivity index (χ0v) is 15.1. The van der Waals surface area contributed by atoms with Gasteiger partial charge in [0.2, 0.25) is 5.91 Å². The Morgan fingerprint density at radius 2 is 2.00 bits per heavy atom. The van der Waals surface area contributed by atoms with Crippen molar-refractivity contribution in [2.45, 2.75) is 12.5 Å². The molecule has 2 rings (SSSR count). The molecule has 0 aliphatic heterocycles. The van der Waals surface area contributed by atoms with Gasteiger partial charge in [-0.15, -0.1) is 0 Å². The molecule has 0 aliphatic carbocycles. The zero-order valence-electron chi connectivity index (χ0n) is 13.5. The largest absolute Gasteiger partial charge is 0.469 e. The molecule has 0 aromatic heterocycles. The summed E-state index contributed by atoms with van der Waals surface area (Å²) in [6, 6.07) is 12.7. The molecule has 4 nitrogen and oxygen atoms in total. The van der Waals surface area contributed by atoms with E-state index in [4.69, 9.17) is 4.74 Å². The maximum atomic E-state index is 13.2. The maximum absolute atomic E-state index is 13.2. The molecule has 1 atom stereocenters. The van der Waals surface area contributed by atoms with E-state index in [9.17, 15) is 14.0 Å². The molecule has 0 heterocycles. The zero-order chi connectivity index (χ0) is 18.2. The van der Waals surface area contributed by atoms with E-state index < -0.39 is 17.9 Å². The maximum Gasteiger partial charge on any atom is 0.307 e. The number of methoxy groups -OCH3 is 1. The van der Waals surface area contributed by atoms with E-state index in [-0.39, 0.29) is 12.2 Å². The van der Waals surface area contributed by atoms with Crippen LogP contribution in [0.5, 0.6) is 0 Å². The van der Waals surface area contributed by atoms with Crippen LogP contribution in [0, 0.1) is 5.82 Å². The molecular weight excluding hydrogens is 389 g/mol. The third-order valence-corrected chi connectivity index (χ3v) is 3.94. The van der Waals surface area contributed by atoms with Gasteiger partial charge in [-0.05, 0) is 41.5 Å². The van der Waals surface area contributed by atoms with Crippen LogP contribution in [0.2, 0.25) is 0 Å². The Morgan fingerprint density at radius 1 is 1.24 bits per heavy atom. The number of benzene rings is 2. The summed E-state index contributed by atoms with van der Waals surface area (Å²) in [5.41, 5.74) is 1.34. The van der Waals surface area contributed by atoms with Gasteiger partial charge >= 0.3 is 5.97 Å². The second kappa shape index (κ2) is 9.13. The highest BCUT2D eigenvalue weighted by molar-refractivity contribution is 9.10. The topological polar surface area (TPSA) is 55.4 Å². The van der Waals surface area contributed by atoms with E-state index >= 15 is 0 Å². The number of ether oxygens (including phenoxy) is 1. The lowest BCUT2D eigenvalue weighted by atomic mass is 10.0. The summed E-state index contributed by atoms with van der Waals surface area (Å²) < 4.78 is 18.7. The third kappa shape index (κ3) is 6.15. The van der Waals surface area contributed by atoms with Crippen molar-refractivity contribution in [3.8, 4) is 0 Å². The Kier molecular flexibility index (Phi) is 6.89. The van der Waals surface area contributed by atoms with Crippen LogP contribution in [0.4, 0.5) is 4.39 Å². The van der Waals surface area contributed by atoms with E-state index in [0.29, 0.717) is 5.56 Å². The molecule has 0 saturated carbocycles. The molecule has 2 aromatic rings. The molecule has 0 bridgehead atoms. The van der Waals surface area contributed by atoms with Crippen LogP contribution in [0.25, 0.3) is 6.08 Å². The van der Waals surface area contributed by atoms with Crippen molar-refractivity contribution in [1.29, 1.82) is 0 Å². The van der Waals surface area contributed by atoms with Crippen LogP contribution >= 0.6 is 15.9 Å². The molecule has 2 aromatic carbocycles. The lowest BCUT2D eigenvalue weighted by Crippen LogP contribution is -2.29. The van der Waals surface area contributed by atoms with Crippen LogP contribution in [0.3, 0.4) is 0 Å². The fraction of sp³-hybridized carbons (Fsp3) is 0.158. The van der Waals surface area contributed by atoms with Crippen molar-refractivity contribution in [2.24, 2.45) is 0 Å². The van der Waals surface area contributed by atoms with Gasteiger partial charge in [-0.25, -0.2) is 4.39 Å². The highest BCUT2D eigenvalue weighted by Crippen LogP contribution is 2.21. The van der Waals surface area contributed by atoms with Gasteiger partial charge in [0, 0.05) is 10.5 Å². The first-order valence-electron chi connectivity index (χ1n) is 7.54. The number of hydrogen-bond acceptors (Lipinski definition) is 3. The van der Waals surface area contributed by atoms with E-state index in [1.807, 2.05) is 24.3 Å². The summed E-state index contributed by atoms with van der Waals surface area (Å²) in [4.78, 5) is 23.8. The minimum Gasteiger partial charge on any atom is -0.469 e. The van der Waals surface area contributed by atoms with Crippen molar-refractivity contribution >= 4 is 33.9 Å². The minimum absolute atomic E-state index is 0.00645. The van der Waals surface area contributed by atoms with Gasteiger partial charge < -0.3 is 10.1 Å². The summed E-state index contributed by atoms with van der Waals surface area (Å²) in [6.07, 6.45) is 2.82. The van der Waals surface area contributed by atoms with Gasteiger partial charge in [-0.3, -0.25) is 9.59 Å². The molecule has 1 N–H and O–H groups in total. The smallest absolute Gasteiger partial charge is 0.307 e. The summed E-state index contributed by atoms with van der Waals surface area (Å²) in [6.45, 7) is 0. The fourth-order valence-corrected chi connectivity index (χ4v) is 2.64. The van der Waals surface area contributed by atoms with Gasteiger partial charge in [0.1, 0.15) is 5.82 Å². The fourth-order valence-electron chi connectivity index (χ4n) is 2.23. The number of amides is 1. The number of carbonyl (C=O) groups is 2. The number of carbonyl (C=O) groups excluding carboxylic acids is 2. The van der Waals surface area contributed by atoms with Crippen LogP contribution in [-0.2, 0) is 14.3 Å². The van der Waals surface area contributed by atoms with Crippen molar-refractivity contribution < 1.29 is 18.7 Å². The number of hydrogen-bond donors (Lipinski definition) is 1. The van der Waals surface area contributed by atoms with Crippen LogP contribution < -0.4 is 5.32 Å². The van der Waals surface area contributed by atoms with Crippen LogP contribution in [-0.4, -0.2) is 19.0 Å². The highest BCUT2D eigenvalue weighted by atomic mass is 79.9. The molecule has 0 spiro atoms. The number of esters is 1. The van der Waals surface area contributed by atoms with Gasteiger partial charge in [0.05, 0.1) is 19.6 Å². The van der Waals surface area contributed by atoms with Crippen molar-refractivity contribution in [1.82, 2.24) is 5.32 Å². The summed E-state index contributed by atoms with van der Waals surface area (Å²) >= 11 is 3.37. The van der Waals surface area contributed by atoms with Crippen LogP contribution in [0.1, 0.15) is 23.6 Å². The Hall–Kier alpha value is -2.47. The van der Waals surface area contributed by atoms with Gasteiger partial charge in [-0.1, -0.05) is 40.2 Å². The molecule has 0 fully saturated rings. The molecule has 130 valence electrons. The second-order valence-electron chi connectivity index (χ2n) is 5.28. The monoisotopic (exact) mass is 405 g/mol. The van der Waals surface area contributed by atoms with Gasteiger partial charge in [0.25, 0.3) is 0 Å². The first kappa shape index (κ1) is 18.9. The van der Waals surface area contributed by atoms with E-state index in [1.165, 1.54) is 31.4 Å². The van der Waals surface area contributed by atoms with Crippen molar-refractivity contribution in [3.63, 3.8) is 0 Å². The predicted molar refractivity (Wildman–Crippen MR) is 97.1 cm³/mol. The van der Waals surface area contributed by atoms with Crippen LogP contribution in [0.15, 0.2) is 59.1 Å². The molecule has 25 heavy (non-hydrogen) atoms. The Bertz CT molecular complexity index is 792. The third-order valence-electron chi connectivity index (χ3n) is 3.44. The molecule has 0 saturated heterocycles. The first-order valence-corrected chi connectivity index (χ1v) is 8.33. The van der Waals surface area contributed by atoms with Gasteiger partial charge in [0.15, 0.2) is 0 Å². The summed E-state index contributed by atoms with van der Waals surface area (Å²) in [5.74, 6) is -1.20. The SMILES string of the molecule is COC(=O)CC(NC(=O)C=Cc1cccc(F)c1)c1cccc(Br)c1. The molecule has 6 heteroatoms. The van der Waals surface area contributed by atoms with E-state index in [0.717, 1.165) is 10.0 Å². The minimum atomic E-state index is -0.533. The van der Waals surface area contributed by atoms with E-state index in [2.05, 4.69) is 21.2 Å². The molecular formula is C19H17BrFNO3. The molecule has 1 amide bonds. The number of halogens is 2. The normalized spacial score (nSPS) is 12.0. The lowest BCUT2D eigenvalue weighted by molar-refractivity contribution is -0.141. The first-order chi connectivity index (χ1) is 12.0. The summed E-state index contributed by atoms with van der Waals surface area (Å²) in [7, 11) is 1.30. The summed E-state index contributed by atoms with van der Waals surface area (Å²) in [5, 5.41) is 2.77. The number of rotatable bonds is 6. The van der Waals surface area contributed by atoms with Crippen molar-refractivity contribution in [3.05, 3.63) is 76.0 Å².